The molecule has 0 saturated carbocycles. The highest BCUT2D eigenvalue weighted by Crippen LogP contribution is 2.21. The van der Waals surface area contributed by atoms with Crippen molar-refractivity contribution in [1.82, 2.24) is 0 Å². The highest BCUT2D eigenvalue weighted by molar-refractivity contribution is 5.81. The van der Waals surface area contributed by atoms with Crippen molar-refractivity contribution >= 4 is 5.97 Å². The van der Waals surface area contributed by atoms with Gasteiger partial charge in [0.05, 0.1) is 0 Å². The summed E-state index contributed by atoms with van der Waals surface area (Å²) in [6.45, 7) is 10.9. The third kappa shape index (κ3) is 8.73. The molecule has 17 heavy (non-hydrogen) atoms. The third-order valence-electron chi connectivity index (χ3n) is 3.18. The van der Waals surface area contributed by atoms with Gasteiger partial charge in [-0.25, -0.2) is 4.79 Å². The van der Waals surface area contributed by atoms with Gasteiger partial charge in [-0.2, -0.15) is 0 Å². The Morgan fingerprint density at radius 1 is 1.24 bits per heavy atom. The molecule has 0 aliphatic rings. The maximum Gasteiger partial charge on any atom is 0.328 e. The van der Waals surface area contributed by atoms with E-state index in [1.54, 1.807) is 0 Å². The summed E-state index contributed by atoms with van der Waals surface area (Å²) in [5.41, 5.74) is 0.793. The Morgan fingerprint density at radius 2 is 1.82 bits per heavy atom. The Kier molecular flexibility index (Phi) is 7.60. The lowest BCUT2D eigenvalue weighted by atomic mass is 9.87. The molecular weight excluding hydrogens is 212 g/mol. The monoisotopic (exact) mass is 238 g/mol. The first kappa shape index (κ1) is 16.0. The third-order valence-corrected chi connectivity index (χ3v) is 3.18. The zero-order valence-electron chi connectivity index (χ0n) is 11.7. The SMILES string of the molecule is CC(/C=C/CC(C)CC(C)C(C)C)=C\C(=O)O. The van der Waals surface area contributed by atoms with E-state index in [4.69, 9.17) is 5.11 Å². The van der Waals surface area contributed by atoms with E-state index in [-0.39, 0.29) is 0 Å². The molecule has 2 heteroatoms. The van der Waals surface area contributed by atoms with Crippen LogP contribution in [0.5, 0.6) is 0 Å². The molecule has 0 aromatic carbocycles. The van der Waals surface area contributed by atoms with E-state index in [0.29, 0.717) is 5.92 Å². The average Bonchev–Trinajstić information content (AvgIpc) is 2.15. The second kappa shape index (κ2) is 8.10. The first-order valence-corrected chi connectivity index (χ1v) is 6.40. The second-order valence-electron chi connectivity index (χ2n) is 5.43. The van der Waals surface area contributed by atoms with Gasteiger partial charge in [-0.1, -0.05) is 39.8 Å². The molecule has 0 amide bonds. The Hall–Kier alpha value is -1.05. The molecule has 2 unspecified atom stereocenters. The number of carbonyl (C=O) groups is 1. The number of hydrogen-bond acceptors (Lipinski definition) is 1. The molecule has 0 aliphatic heterocycles. The van der Waals surface area contributed by atoms with Crippen molar-refractivity contribution in [2.75, 3.05) is 0 Å². The largest absolute Gasteiger partial charge is 0.478 e. The first-order valence-electron chi connectivity index (χ1n) is 6.40. The van der Waals surface area contributed by atoms with Crippen LogP contribution in [0.4, 0.5) is 0 Å². The van der Waals surface area contributed by atoms with Gasteiger partial charge in [-0.05, 0) is 43.1 Å². The van der Waals surface area contributed by atoms with Crippen molar-refractivity contribution in [1.29, 1.82) is 0 Å². The van der Waals surface area contributed by atoms with Crippen LogP contribution in [0.2, 0.25) is 0 Å². The predicted octanol–water partition coefficient (Wildman–Crippen LogP) is 4.28. The molecule has 1 N–H and O–H groups in total. The Bertz CT molecular complexity index is 287. The molecule has 2 nitrogen and oxygen atoms in total. The minimum Gasteiger partial charge on any atom is -0.478 e. The summed E-state index contributed by atoms with van der Waals surface area (Å²) in [6.07, 6.45) is 7.45. The average molecular weight is 238 g/mol. The fourth-order valence-electron chi connectivity index (χ4n) is 1.73. The van der Waals surface area contributed by atoms with E-state index in [2.05, 4.69) is 33.8 Å². The highest BCUT2D eigenvalue weighted by atomic mass is 16.4. The number of rotatable bonds is 7. The molecule has 0 aromatic rings. The molecule has 0 saturated heterocycles. The van der Waals surface area contributed by atoms with E-state index >= 15 is 0 Å². The summed E-state index contributed by atoms with van der Waals surface area (Å²) in [7, 11) is 0. The van der Waals surface area contributed by atoms with Gasteiger partial charge in [0.25, 0.3) is 0 Å². The maximum atomic E-state index is 10.4. The van der Waals surface area contributed by atoms with Gasteiger partial charge >= 0.3 is 5.97 Å². The summed E-state index contributed by atoms with van der Waals surface area (Å²) in [5.74, 6) is 1.25. The Balaban J connectivity index is 4.03. The number of aliphatic carboxylic acids is 1. The lowest BCUT2D eigenvalue weighted by Gasteiger charge is -2.19. The van der Waals surface area contributed by atoms with Crippen molar-refractivity contribution in [3.05, 3.63) is 23.8 Å². The molecular formula is C15H26O2. The van der Waals surface area contributed by atoms with E-state index in [1.807, 2.05) is 13.0 Å². The molecule has 0 heterocycles. The normalized spacial score (nSPS) is 16.5. The van der Waals surface area contributed by atoms with Crippen molar-refractivity contribution < 1.29 is 9.90 Å². The Labute approximate surface area is 105 Å². The maximum absolute atomic E-state index is 10.4. The molecule has 0 radical (unpaired) electrons. The summed E-state index contributed by atoms with van der Waals surface area (Å²) >= 11 is 0. The van der Waals surface area contributed by atoms with Crippen LogP contribution < -0.4 is 0 Å². The van der Waals surface area contributed by atoms with Gasteiger partial charge in [-0.3, -0.25) is 0 Å². The molecule has 0 rings (SSSR count). The van der Waals surface area contributed by atoms with Crippen molar-refractivity contribution in [2.24, 2.45) is 17.8 Å². The minimum absolute atomic E-state index is 0.654. The van der Waals surface area contributed by atoms with Crippen LogP contribution in [-0.4, -0.2) is 11.1 Å². The van der Waals surface area contributed by atoms with Gasteiger partial charge in [0, 0.05) is 6.08 Å². The van der Waals surface area contributed by atoms with Crippen LogP contribution in [0.1, 0.15) is 47.5 Å². The summed E-state index contributed by atoms with van der Waals surface area (Å²) in [6, 6.07) is 0. The van der Waals surface area contributed by atoms with Gasteiger partial charge in [0.15, 0.2) is 0 Å². The number of hydrogen-bond donors (Lipinski definition) is 1. The molecule has 0 fully saturated rings. The second-order valence-corrected chi connectivity index (χ2v) is 5.43. The molecule has 0 spiro atoms. The zero-order chi connectivity index (χ0) is 13.4. The summed E-state index contributed by atoms with van der Waals surface area (Å²) in [4.78, 5) is 10.4. The predicted molar refractivity (Wildman–Crippen MR) is 72.9 cm³/mol. The summed E-state index contributed by atoms with van der Waals surface area (Å²) < 4.78 is 0. The number of carboxylic acids is 1. The molecule has 2 atom stereocenters. The van der Waals surface area contributed by atoms with Crippen LogP contribution in [0.25, 0.3) is 0 Å². The fraction of sp³-hybridized carbons (Fsp3) is 0.667. The first-order chi connectivity index (χ1) is 7.82. The van der Waals surface area contributed by atoms with Crippen LogP contribution in [-0.2, 0) is 4.79 Å². The lowest BCUT2D eigenvalue weighted by Crippen LogP contribution is -2.08. The fourth-order valence-corrected chi connectivity index (χ4v) is 1.73. The van der Waals surface area contributed by atoms with Crippen molar-refractivity contribution in [3.63, 3.8) is 0 Å². The van der Waals surface area contributed by atoms with E-state index in [0.717, 1.165) is 23.8 Å². The van der Waals surface area contributed by atoms with E-state index < -0.39 is 5.97 Å². The van der Waals surface area contributed by atoms with Crippen LogP contribution in [0, 0.1) is 17.8 Å². The molecule has 0 aliphatic carbocycles. The highest BCUT2D eigenvalue weighted by Gasteiger charge is 2.10. The van der Waals surface area contributed by atoms with E-state index in [1.165, 1.54) is 12.5 Å². The van der Waals surface area contributed by atoms with Crippen LogP contribution in [0.15, 0.2) is 23.8 Å². The molecule has 0 aromatic heterocycles. The lowest BCUT2D eigenvalue weighted by molar-refractivity contribution is -0.131. The standard InChI is InChI=1S/C15H26O2/c1-11(2)14(5)9-12(3)7-6-8-13(4)10-15(16)17/h6,8,10-12,14H,7,9H2,1-5H3,(H,16,17)/b8-6+,13-10+. The number of allylic oxidation sites excluding steroid dienone is 3. The zero-order valence-corrected chi connectivity index (χ0v) is 11.7. The molecule has 0 bridgehead atoms. The van der Waals surface area contributed by atoms with E-state index in [9.17, 15) is 4.79 Å². The van der Waals surface area contributed by atoms with Gasteiger partial charge < -0.3 is 5.11 Å². The van der Waals surface area contributed by atoms with Gasteiger partial charge in [0.1, 0.15) is 0 Å². The summed E-state index contributed by atoms with van der Waals surface area (Å²) in [5, 5.41) is 8.56. The van der Waals surface area contributed by atoms with Crippen molar-refractivity contribution in [3.8, 4) is 0 Å². The van der Waals surface area contributed by atoms with Gasteiger partial charge in [0.2, 0.25) is 0 Å². The van der Waals surface area contributed by atoms with Crippen LogP contribution in [0.3, 0.4) is 0 Å². The van der Waals surface area contributed by atoms with Crippen molar-refractivity contribution in [2.45, 2.75) is 47.5 Å². The van der Waals surface area contributed by atoms with Crippen LogP contribution >= 0.6 is 0 Å². The Morgan fingerprint density at radius 3 is 2.29 bits per heavy atom. The smallest absolute Gasteiger partial charge is 0.328 e. The quantitative estimate of drug-likeness (QED) is 0.531. The van der Waals surface area contributed by atoms with Gasteiger partial charge in [-0.15, -0.1) is 0 Å². The minimum atomic E-state index is -0.881. The number of carboxylic acid groups (broad SMARTS) is 1. The topological polar surface area (TPSA) is 37.3 Å². The molecule has 98 valence electrons.